The highest BCUT2D eigenvalue weighted by Crippen LogP contribution is 2.30. The standard InChI is InChI=1S/C24H24N4O3/c1-16(2)27-10-12-28(13-11-27)24(29)18-8-9-21-19(14-18)22(26-31-21)20-15-30-23(25-20)17-6-4-3-5-7-17/h3-9,14-16H,10-13H2,1-2H3. The third kappa shape index (κ3) is 3.72. The van der Waals surface area contributed by atoms with Gasteiger partial charge in [0.25, 0.3) is 5.91 Å². The van der Waals surface area contributed by atoms with Crippen molar-refractivity contribution in [1.82, 2.24) is 19.9 Å². The van der Waals surface area contributed by atoms with Gasteiger partial charge in [0.2, 0.25) is 5.89 Å². The van der Waals surface area contributed by atoms with Crippen LogP contribution in [0.2, 0.25) is 0 Å². The first-order valence-electron chi connectivity index (χ1n) is 10.5. The Balaban J connectivity index is 1.42. The van der Waals surface area contributed by atoms with Gasteiger partial charge in [0, 0.05) is 43.3 Å². The lowest BCUT2D eigenvalue weighted by molar-refractivity contribution is 0.0595. The normalized spacial score (nSPS) is 15.1. The maximum Gasteiger partial charge on any atom is 0.253 e. The first-order valence-corrected chi connectivity index (χ1v) is 10.5. The molecule has 0 aliphatic carbocycles. The summed E-state index contributed by atoms with van der Waals surface area (Å²) in [5, 5.41) is 4.94. The third-order valence-corrected chi connectivity index (χ3v) is 5.82. The van der Waals surface area contributed by atoms with Crippen molar-refractivity contribution >= 4 is 16.9 Å². The van der Waals surface area contributed by atoms with Crippen LogP contribution in [0.15, 0.2) is 63.7 Å². The van der Waals surface area contributed by atoms with Crippen molar-refractivity contribution in [2.75, 3.05) is 26.2 Å². The minimum atomic E-state index is 0.0302. The molecule has 3 heterocycles. The molecular weight excluding hydrogens is 392 g/mol. The Hall–Kier alpha value is -3.45. The van der Waals surface area contributed by atoms with Crippen molar-refractivity contribution in [3.63, 3.8) is 0 Å². The number of carbonyl (C=O) groups is 1. The van der Waals surface area contributed by atoms with E-state index < -0.39 is 0 Å². The number of benzene rings is 2. The smallest absolute Gasteiger partial charge is 0.253 e. The van der Waals surface area contributed by atoms with Crippen molar-refractivity contribution in [3.05, 3.63) is 60.4 Å². The second-order valence-corrected chi connectivity index (χ2v) is 8.07. The fourth-order valence-electron chi connectivity index (χ4n) is 3.98. The van der Waals surface area contributed by atoms with Gasteiger partial charge in [0.1, 0.15) is 17.7 Å². The number of fused-ring (bicyclic) bond motifs is 1. The minimum Gasteiger partial charge on any atom is -0.444 e. The number of oxazole rings is 1. The van der Waals surface area contributed by atoms with Crippen LogP contribution in [0, 0.1) is 0 Å². The molecule has 5 rings (SSSR count). The zero-order valence-corrected chi connectivity index (χ0v) is 17.6. The van der Waals surface area contributed by atoms with Crippen LogP contribution < -0.4 is 0 Å². The lowest BCUT2D eigenvalue weighted by atomic mass is 10.1. The van der Waals surface area contributed by atoms with Crippen LogP contribution in [0.4, 0.5) is 0 Å². The predicted molar refractivity (Wildman–Crippen MR) is 118 cm³/mol. The molecule has 1 fully saturated rings. The van der Waals surface area contributed by atoms with Gasteiger partial charge in [-0.2, -0.15) is 0 Å². The average Bonchev–Trinajstić information content (AvgIpc) is 3.46. The van der Waals surface area contributed by atoms with Crippen molar-refractivity contribution in [2.45, 2.75) is 19.9 Å². The molecule has 31 heavy (non-hydrogen) atoms. The van der Waals surface area contributed by atoms with Gasteiger partial charge in [-0.15, -0.1) is 0 Å². The minimum absolute atomic E-state index is 0.0302. The van der Waals surface area contributed by atoms with Gasteiger partial charge in [-0.05, 0) is 44.2 Å². The van der Waals surface area contributed by atoms with Crippen LogP contribution in [-0.2, 0) is 0 Å². The van der Waals surface area contributed by atoms with Crippen LogP contribution in [-0.4, -0.2) is 58.1 Å². The quantitative estimate of drug-likeness (QED) is 0.493. The summed E-state index contributed by atoms with van der Waals surface area (Å²) in [7, 11) is 0. The van der Waals surface area contributed by atoms with Crippen molar-refractivity contribution in [2.24, 2.45) is 0 Å². The molecule has 1 amide bonds. The monoisotopic (exact) mass is 416 g/mol. The zero-order chi connectivity index (χ0) is 21.4. The fourth-order valence-corrected chi connectivity index (χ4v) is 3.98. The number of aromatic nitrogens is 2. The van der Waals surface area contributed by atoms with E-state index in [1.807, 2.05) is 41.3 Å². The van der Waals surface area contributed by atoms with Crippen LogP contribution in [0.1, 0.15) is 24.2 Å². The van der Waals surface area contributed by atoms with E-state index in [-0.39, 0.29) is 5.91 Å². The molecule has 0 atom stereocenters. The molecule has 1 aliphatic heterocycles. The summed E-state index contributed by atoms with van der Waals surface area (Å²) >= 11 is 0. The van der Waals surface area contributed by atoms with Gasteiger partial charge in [0.15, 0.2) is 5.58 Å². The highest BCUT2D eigenvalue weighted by molar-refractivity contribution is 6.00. The number of amides is 1. The number of piperazine rings is 1. The summed E-state index contributed by atoms with van der Waals surface area (Å²) in [6.45, 7) is 7.62. The Morgan fingerprint density at radius 3 is 2.55 bits per heavy atom. The van der Waals surface area contributed by atoms with E-state index in [0.717, 1.165) is 37.1 Å². The Bertz CT molecular complexity index is 1200. The molecular formula is C24H24N4O3. The topological polar surface area (TPSA) is 75.6 Å². The molecule has 0 N–H and O–H groups in total. The highest BCUT2D eigenvalue weighted by Gasteiger charge is 2.24. The fraction of sp³-hybridized carbons (Fsp3) is 0.292. The van der Waals surface area contributed by atoms with Crippen molar-refractivity contribution in [1.29, 1.82) is 0 Å². The molecule has 7 nitrogen and oxygen atoms in total. The number of rotatable bonds is 4. The zero-order valence-electron chi connectivity index (χ0n) is 17.6. The van der Waals surface area contributed by atoms with E-state index in [4.69, 9.17) is 8.94 Å². The highest BCUT2D eigenvalue weighted by atomic mass is 16.5. The molecule has 2 aromatic carbocycles. The van der Waals surface area contributed by atoms with E-state index >= 15 is 0 Å². The van der Waals surface area contributed by atoms with E-state index in [1.165, 1.54) is 0 Å². The van der Waals surface area contributed by atoms with Crippen LogP contribution in [0.25, 0.3) is 33.8 Å². The summed E-state index contributed by atoms with van der Waals surface area (Å²) in [4.78, 5) is 22.0. The Morgan fingerprint density at radius 1 is 1.03 bits per heavy atom. The summed E-state index contributed by atoms with van der Waals surface area (Å²) in [6, 6.07) is 15.6. The number of carbonyl (C=O) groups excluding carboxylic acids is 1. The second kappa shape index (κ2) is 8.00. The molecule has 1 aliphatic rings. The summed E-state index contributed by atoms with van der Waals surface area (Å²) in [5.74, 6) is 0.546. The molecule has 7 heteroatoms. The van der Waals surface area contributed by atoms with Gasteiger partial charge < -0.3 is 13.8 Å². The molecule has 0 bridgehead atoms. The first-order chi connectivity index (χ1) is 15.1. The van der Waals surface area contributed by atoms with Crippen LogP contribution in [0.3, 0.4) is 0 Å². The van der Waals surface area contributed by atoms with Gasteiger partial charge in [-0.3, -0.25) is 9.69 Å². The lowest BCUT2D eigenvalue weighted by Gasteiger charge is -2.36. The molecule has 0 unspecified atom stereocenters. The molecule has 0 radical (unpaired) electrons. The Morgan fingerprint density at radius 2 is 1.81 bits per heavy atom. The number of hydrogen-bond donors (Lipinski definition) is 0. The summed E-state index contributed by atoms with van der Waals surface area (Å²) in [5.41, 5.74) is 3.27. The van der Waals surface area contributed by atoms with Gasteiger partial charge in [0.05, 0.1) is 5.39 Å². The largest absolute Gasteiger partial charge is 0.444 e. The van der Waals surface area contributed by atoms with Crippen LogP contribution in [0.5, 0.6) is 0 Å². The molecule has 2 aromatic heterocycles. The predicted octanol–water partition coefficient (Wildman–Crippen LogP) is 4.32. The Kier molecular flexibility index (Phi) is 5.03. The van der Waals surface area contributed by atoms with Crippen molar-refractivity contribution in [3.8, 4) is 22.8 Å². The van der Waals surface area contributed by atoms with E-state index in [1.54, 1.807) is 18.4 Å². The first kappa shape index (κ1) is 19.5. The average molecular weight is 416 g/mol. The van der Waals surface area contributed by atoms with Crippen molar-refractivity contribution < 1.29 is 13.7 Å². The summed E-state index contributed by atoms with van der Waals surface area (Å²) in [6.07, 6.45) is 1.57. The van der Waals surface area contributed by atoms with Gasteiger partial charge >= 0.3 is 0 Å². The molecule has 158 valence electrons. The molecule has 0 spiro atoms. The molecule has 4 aromatic rings. The third-order valence-electron chi connectivity index (χ3n) is 5.82. The lowest BCUT2D eigenvalue weighted by Crippen LogP contribution is -2.50. The number of hydrogen-bond acceptors (Lipinski definition) is 6. The van der Waals surface area contributed by atoms with E-state index in [9.17, 15) is 4.79 Å². The Labute approximate surface area is 180 Å². The molecule has 0 saturated carbocycles. The van der Waals surface area contributed by atoms with Gasteiger partial charge in [-0.25, -0.2) is 4.98 Å². The van der Waals surface area contributed by atoms with E-state index in [2.05, 4.69) is 28.9 Å². The maximum absolute atomic E-state index is 13.1. The van der Waals surface area contributed by atoms with Crippen LogP contribution >= 0.6 is 0 Å². The SMILES string of the molecule is CC(C)N1CCN(C(=O)c2ccc3onc(-c4coc(-c5ccccc5)n4)c3c2)CC1. The van der Waals surface area contributed by atoms with Gasteiger partial charge in [-0.1, -0.05) is 23.4 Å². The number of nitrogens with zero attached hydrogens (tertiary/aromatic N) is 4. The summed E-state index contributed by atoms with van der Waals surface area (Å²) < 4.78 is 11.1. The molecule has 1 saturated heterocycles. The maximum atomic E-state index is 13.1. The van der Waals surface area contributed by atoms with E-state index in [0.29, 0.717) is 34.5 Å². The second-order valence-electron chi connectivity index (χ2n) is 8.07.